The van der Waals surface area contributed by atoms with Crippen LogP contribution >= 0.6 is 0 Å². The highest BCUT2D eigenvalue weighted by Crippen LogP contribution is 2.34. The molecule has 1 aliphatic rings. The second kappa shape index (κ2) is 3.72. The largest absolute Gasteiger partial charge is 0.324 e. The molecule has 0 fully saturated rings. The van der Waals surface area contributed by atoms with Crippen LogP contribution in [0.1, 0.15) is 29.7 Å². The van der Waals surface area contributed by atoms with Gasteiger partial charge >= 0.3 is 0 Å². The van der Waals surface area contributed by atoms with Crippen molar-refractivity contribution in [3.8, 4) is 0 Å². The first-order valence-electron chi connectivity index (χ1n) is 5.26. The van der Waals surface area contributed by atoms with Crippen molar-refractivity contribution in [2.24, 2.45) is 11.7 Å². The quantitative estimate of drug-likeness (QED) is 0.731. The van der Waals surface area contributed by atoms with Crippen molar-refractivity contribution in [2.45, 2.75) is 31.7 Å². The molecule has 3 atom stereocenters. The lowest BCUT2D eigenvalue weighted by Crippen LogP contribution is -2.30. The summed E-state index contributed by atoms with van der Waals surface area (Å²) in [5.74, 6) is 0.998. The maximum absolute atomic E-state index is 12.0. The van der Waals surface area contributed by atoms with E-state index in [4.69, 9.17) is 5.73 Å². The van der Waals surface area contributed by atoms with Gasteiger partial charge in [0, 0.05) is 16.7 Å². The van der Waals surface area contributed by atoms with Gasteiger partial charge in [0.2, 0.25) is 0 Å². The Balaban J connectivity index is 2.65. The van der Waals surface area contributed by atoms with Crippen LogP contribution in [0.3, 0.4) is 0 Å². The SMILES string of the molecule is Cc1cc(C)c2c(c1)C(N)C(C)CS2=O. The van der Waals surface area contributed by atoms with Crippen molar-refractivity contribution >= 4 is 10.8 Å². The number of hydrogen-bond donors (Lipinski definition) is 1. The minimum Gasteiger partial charge on any atom is -0.324 e. The van der Waals surface area contributed by atoms with Crippen molar-refractivity contribution in [1.82, 2.24) is 0 Å². The molecule has 0 saturated heterocycles. The molecule has 0 saturated carbocycles. The highest BCUT2D eigenvalue weighted by molar-refractivity contribution is 7.85. The van der Waals surface area contributed by atoms with Crippen LogP contribution in [0.5, 0.6) is 0 Å². The van der Waals surface area contributed by atoms with Crippen LogP contribution in [0.4, 0.5) is 0 Å². The van der Waals surface area contributed by atoms with E-state index in [1.54, 1.807) is 0 Å². The second-order valence-electron chi connectivity index (χ2n) is 4.52. The first-order chi connectivity index (χ1) is 7.00. The van der Waals surface area contributed by atoms with Crippen LogP contribution in [-0.2, 0) is 10.8 Å². The third-order valence-corrected chi connectivity index (χ3v) is 4.90. The molecule has 1 heterocycles. The normalized spacial score (nSPS) is 30.0. The summed E-state index contributed by atoms with van der Waals surface area (Å²) in [6, 6.07) is 4.20. The maximum atomic E-state index is 12.0. The molecule has 0 bridgehead atoms. The first-order valence-corrected chi connectivity index (χ1v) is 6.57. The number of hydrogen-bond acceptors (Lipinski definition) is 2. The number of nitrogens with two attached hydrogens (primary N) is 1. The molecule has 3 unspecified atom stereocenters. The Bertz CT molecular complexity index is 428. The van der Waals surface area contributed by atoms with Gasteiger partial charge in [-0.15, -0.1) is 0 Å². The minimum absolute atomic E-state index is 0.0382. The van der Waals surface area contributed by atoms with Crippen molar-refractivity contribution in [3.63, 3.8) is 0 Å². The van der Waals surface area contributed by atoms with E-state index in [9.17, 15) is 4.21 Å². The summed E-state index contributed by atoms with van der Waals surface area (Å²) < 4.78 is 12.0. The fraction of sp³-hybridized carbons (Fsp3) is 0.500. The summed E-state index contributed by atoms with van der Waals surface area (Å²) in [7, 11) is -0.866. The second-order valence-corrected chi connectivity index (χ2v) is 5.95. The Morgan fingerprint density at radius 3 is 2.73 bits per heavy atom. The topological polar surface area (TPSA) is 43.1 Å². The van der Waals surface area contributed by atoms with Crippen molar-refractivity contribution < 1.29 is 4.21 Å². The van der Waals surface area contributed by atoms with Gasteiger partial charge in [-0.3, -0.25) is 4.21 Å². The monoisotopic (exact) mass is 223 g/mol. The Hall–Kier alpha value is -0.670. The van der Waals surface area contributed by atoms with Gasteiger partial charge in [-0.25, -0.2) is 0 Å². The Morgan fingerprint density at radius 1 is 1.40 bits per heavy atom. The molecule has 3 heteroatoms. The summed E-state index contributed by atoms with van der Waals surface area (Å²) in [6.07, 6.45) is 0. The van der Waals surface area contributed by atoms with Gasteiger partial charge in [-0.2, -0.15) is 0 Å². The average molecular weight is 223 g/mol. The lowest BCUT2D eigenvalue weighted by molar-refractivity contribution is 0.495. The van der Waals surface area contributed by atoms with E-state index in [-0.39, 0.29) is 6.04 Å². The highest BCUT2D eigenvalue weighted by atomic mass is 32.2. The minimum atomic E-state index is -0.866. The van der Waals surface area contributed by atoms with Crippen molar-refractivity contribution in [3.05, 3.63) is 28.8 Å². The summed E-state index contributed by atoms with van der Waals surface area (Å²) in [4.78, 5) is 0.978. The summed E-state index contributed by atoms with van der Waals surface area (Å²) in [5, 5.41) is 0. The molecule has 0 aromatic heterocycles. The zero-order chi connectivity index (χ0) is 11.2. The lowest BCUT2D eigenvalue weighted by Gasteiger charge is -2.29. The third kappa shape index (κ3) is 1.74. The summed E-state index contributed by atoms with van der Waals surface area (Å²) >= 11 is 0. The standard InChI is InChI=1S/C12H17NOS/c1-7-4-8(2)12-10(5-7)11(13)9(3)6-15(12)14/h4-5,9,11H,6,13H2,1-3H3. The molecule has 2 rings (SSSR count). The number of aryl methyl sites for hydroxylation is 2. The molecule has 0 aliphatic carbocycles. The fourth-order valence-electron chi connectivity index (χ4n) is 2.28. The van der Waals surface area contributed by atoms with Gasteiger partial charge in [0.15, 0.2) is 0 Å². The Labute approximate surface area is 93.3 Å². The Kier molecular flexibility index (Phi) is 2.69. The van der Waals surface area contributed by atoms with Gasteiger partial charge < -0.3 is 5.73 Å². The van der Waals surface area contributed by atoms with Crippen LogP contribution in [0.25, 0.3) is 0 Å². The van der Waals surface area contributed by atoms with Crippen LogP contribution in [0.2, 0.25) is 0 Å². The van der Waals surface area contributed by atoms with Crippen LogP contribution in [0.15, 0.2) is 17.0 Å². The molecule has 0 spiro atoms. The van der Waals surface area contributed by atoms with Gasteiger partial charge in [0.25, 0.3) is 0 Å². The zero-order valence-electron chi connectivity index (χ0n) is 9.41. The lowest BCUT2D eigenvalue weighted by atomic mass is 9.93. The smallest absolute Gasteiger partial charge is 0.0539 e. The molecule has 1 aromatic rings. The van der Waals surface area contributed by atoms with E-state index in [2.05, 4.69) is 26.0 Å². The average Bonchev–Trinajstić information content (AvgIpc) is 2.12. The zero-order valence-corrected chi connectivity index (χ0v) is 10.2. The van der Waals surface area contributed by atoms with Gasteiger partial charge in [0.05, 0.1) is 10.8 Å². The molecule has 1 aliphatic heterocycles. The van der Waals surface area contributed by atoms with Crippen molar-refractivity contribution in [1.29, 1.82) is 0 Å². The molecule has 2 N–H and O–H groups in total. The van der Waals surface area contributed by atoms with Crippen LogP contribution in [-0.4, -0.2) is 9.96 Å². The molecule has 0 amide bonds. The summed E-state index contributed by atoms with van der Waals surface area (Å²) in [5.41, 5.74) is 9.56. The number of fused-ring (bicyclic) bond motifs is 1. The van der Waals surface area contributed by atoms with Crippen molar-refractivity contribution in [2.75, 3.05) is 5.75 Å². The number of rotatable bonds is 0. The molecular formula is C12H17NOS. The van der Waals surface area contributed by atoms with E-state index >= 15 is 0 Å². The maximum Gasteiger partial charge on any atom is 0.0539 e. The first kappa shape index (κ1) is 10.8. The van der Waals surface area contributed by atoms with E-state index in [0.29, 0.717) is 11.7 Å². The molecule has 0 radical (unpaired) electrons. The van der Waals surface area contributed by atoms with E-state index in [1.807, 2.05) is 6.92 Å². The van der Waals surface area contributed by atoms with Crippen LogP contribution < -0.4 is 5.73 Å². The van der Waals surface area contributed by atoms with Crippen LogP contribution in [0, 0.1) is 19.8 Å². The third-order valence-electron chi connectivity index (χ3n) is 3.06. The number of benzene rings is 1. The predicted octanol–water partition coefficient (Wildman–Crippen LogP) is 2.06. The fourth-order valence-corrected chi connectivity index (χ4v) is 4.01. The van der Waals surface area contributed by atoms with E-state index in [0.717, 1.165) is 16.0 Å². The van der Waals surface area contributed by atoms with Gasteiger partial charge in [-0.05, 0) is 30.9 Å². The van der Waals surface area contributed by atoms with Gasteiger partial charge in [0.1, 0.15) is 0 Å². The van der Waals surface area contributed by atoms with E-state index in [1.165, 1.54) is 5.56 Å². The molecule has 1 aromatic carbocycles. The highest BCUT2D eigenvalue weighted by Gasteiger charge is 2.29. The Morgan fingerprint density at radius 2 is 2.07 bits per heavy atom. The van der Waals surface area contributed by atoms with E-state index < -0.39 is 10.8 Å². The van der Waals surface area contributed by atoms with Gasteiger partial charge in [-0.1, -0.05) is 24.6 Å². The molecular weight excluding hydrogens is 206 g/mol. The molecule has 15 heavy (non-hydrogen) atoms. The summed E-state index contributed by atoms with van der Waals surface area (Å²) in [6.45, 7) is 6.15. The molecule has 2 nitrogen and oxygen atoms in total. The predicted molar refractivity (Wildman–Crippen MR) is 63.3 cm³/mol. The molecule has 82 valence electrons.